The van der Waals surface area contributed by atoms with Crippen LogP contribution in [0.25, 0.3) is 11.1 Å². The van der Waals surface area contributed by atoms with Crippen molar-refractivity contribution in [2.24, 2.45) is 0 Å². The van der Waals surface area contributed by atoms with Gasteiger partial charge in [-0.2, -0.15) is 0 Å². The van der Waals surface area contributed by atoms with Gasteiger partial charge in [0.05, 0.1) is 0 Å². The predicted octanol–water partition coefficient (Wildman–Crippen LogP) is 4.19. The van der Waals surface area contributed by atoms with Crippen LogP contribution in [-0.2, 0) is 0 Å². The van der Waals surface area contributed by atoms with Crippen molar-refractivity contribution in [2.75, 3.05) is 19.0 Å². The molecule has 2 aromatic carbocycles. The Balaban J connectivity index is 2.40. The minimum atomic E-state index is 0.959. The lowest BCUT2D eigenvalue weighted by Gasteiger charge is -2.25. The van der Waals surface area contributed by atoms with Gasteiger partial charge in [-0.3, -0.25) is 0 Å². The molecular formula is C22H27NO. The highest BCUT2D eigenvalue weighted by Crippen LogP contribution is 2.37. The third-order valence-electron chi connectivity index (χ3n) is 5.02. The molecule has 126 valence electrons. The van der Waals surface area contributed by atoms with Crippen molar-refractivity contribution < 1.29 is 4.74 Å². The molecular weight excluding hydrogens is 294 g/mol. The van der Waals surface area contributed by atoms with Crippen molar-refractivity contribution in [1.29, 1.82) is 0 Å². The average molecular weight is 321 g/mol. The van der Waals surface area contributed by atoms with E-state index in [0.717, 1.165) is 11.5 Å². The minimum absolute atomic E-state index is 0.959. The lowest BCUT2D eigenvalue weighted by molar-refractivity contribution is 0.467. The Labute approximate surface area is 145 Å². The summed E-state index contributed by atoms with van der Waals surface area (Å²) >= 11 is 0. The molecule has 0 atom stereocenters. The maximum atomic E-state index is 6.41. The van der Waals surface area contributed by atoms with Crippen molar-refractivity contribution in [3.8, 4) is 11.5 Å². The predicted molar refractivity (Wildman–Crippen MR) is 104 cm³/mol. The van der Waals surface area contributed by atoms with E-state index in [4.69, 9.17) is 4.74 Å². The van der Waals surface area contributed by atoms with Crippen molar-refractivity contribution in [3.63, 3.8) is 0 Å². The van der Waals surface area contributed by atoms with E-state index in [1.54, 1.807) is 0 Å². The first kappa shape index (κ1) is 16.6. The number of benzene rings is 2. The molecule has 1 aliphatic heterocycles. The molecule has 0 N–H and O–H groups in total. The molecule has 1 aliphatic rings. The highest BCUT2D eigenvalue weighted by molar-refractivity contribution is 5.77. The summed E-state index contributed by atoms with van der Waals surface area (Å²) in [6.45, 7) is 13.1. The van der Waals surface area contributed by atoms with Crippen LogP contribution in [0, 0.1) is 20.8 Å². The standard InChI is InChI=1S/C22H27NO/c1-12(2)21-14(4)10-18-15(5)17-9-13(3)19(23(7)8)11-20(17)24-22(18)16(21)6/h9-11H,1-8H3. The molecule has 0 fully saturated rings. The first-order valence-electron chi connectivity index (χ1n) is 8.51. The molecule has 0 aromatic heterocycles. The summed E-state index contributed by atoms with van der Waals surface area (Å²) in [5.74, 6) is 1.97. The lowest BCUT2D eigenvalue weighted by atomic mass is 9.93. The molecule has 0 saturated carbocycles. The summed E-state index contributed by atoms with van der Waals surface area (Å²) in [5, 5.41) is 2.55. The molecule has 2 nitrogen and oxygen atoms in total. The Kier molecular flexibility index (Phi) is 3.95. The van der Waals surface area contributed by atoms with Crippen molar-refractivity contribution in [1.82, 2.24) is 0 Å². The summed E-state index contributed by atoms with van der Waals surface area (Å²) in [5.41, 5.74) is 8.86. The fourth-order valence-electron chi connectivity index (χ4n) is 3.94. The van der Waals surface area contributed by atoms with Gasteiger partial charge in [-0.15, -0.1) is 0 Å². The van der Waals surface area contributed by atoms with Crippen LogP contribution in [-0.4, -0.2) is 14.1 Å². The lowest BCUT2D eigenvalue weighted by Crippen LogP contribution is -2.25. The molecule has 0 radical (unpaired) electrons. The van der Waals surface area contributed by atoms with Crippen LogP contribution >= 0.6 is 0 Å². The molecule has 3 rings (SSSR count). The fourth-order valence-corrected chi connectivity index (χ4v) is 3.94. The molecule has 24 heavy (non-hydrogen) atoms. The van der Waals surface area contributed by atoms with Gasteiger partial charge in [0.15, 0.2) is 0 Å². The normalized spacial score (nSPS) is 12.4. The van der Waals surface area contributed by atoms with E-state index in [-0.39, 0.29) is 0 Å². The van der Waals surface area contributed by atoms with Gasteiger partial charge in [0.1, 0.15) is 11.5 Å². The van der Waals surface area contributed by atoms with Crippen LogP contribution in [0.15, 0.2) is 18.2 Å². The van der Waals surface area contributed by atoms with E-state index >= 15 is 0 Å². The van der Waals surface area contributed by atoms with E-state index in [1.165, 1.54) is 49.5 Å². The summed E-state index contributed by atoms with van der Waals surface area (Å²) < 4.78 is 6.41. The van der Waals surface area contributed by atoms with Gasteiger partial charge in [-0.05, 0) is 81.2 Å². The summed E-state index contributed by atoms with van der Waals surface area (Å²) in [7, 11) is 4.15. The smallest absolute Gasteiger partial charge is 0.138 e. The first-order valence-corrected chi connectivity index (χ1v) is 8.51. The monoisotopic (exact) mass is 321 g/mol. The van der Waals surface area contributed by atoms with Gasteiger partial charge >= 0.3 is 0 Å². The molecule has 2 heteroatoms. The van der Waals surface area contributed by atoms with E-state index in [1.807, 2.05) is 0 Å². The Morgan fingerprint density at radius 2 is 1.58 bits per heavy atom. The molecule has 2 aromatic rings. The Hall–Kier alpha value is -2.22. The highest BCUT2D eigenvalue weighted by Gasteiger charge is 2.20. The topological polar surface area (TPSA) is 12.5 Å². The van der Waals surface area contributed by atoms with Crippen LogP contribution in [0.1, 0.15) is 43.0 Å². The Bertz CT molecular complexity index is 961. The van der Waals surface area contributed by atoms with E-state index in [9.17, 15) is 0 Å². The molecule has 0 spiro atoms. The molecule has 0 saturated heterocycles. The number of hydrogen-bond acceptors (Lipinski definition) is 2. The second kappa shape index (κ2) is 5.70. The minimum Gasteiger partial charge on any atom is -0.456 e. The number of anilines is 1. The highest BCUT2D eigenvalue weighted by atomic mass is 16.5. The van der Waals surface area contributed by atoms with E-state index in [2.05, 4.69) is 78.7 Å². The number of nitrogens with zero attached hydrogens (tertiary/aromatic N) is 1. The van der Waals surface area contributed by atoms with Crippen molar-refractivity contribution in [3.05, 3.63) is 50.9 Å². The molecule has 0 aliphatic carbocycles. The molecule has 0 unspecified atom stereocenters. The molecule has 1 heterocycles. The zero-order valence-electron chi connectivity index (χ0n) is 16.1. The number of hydrogen-bond donors (Lipinski definition) is 0. The number of ether oxygens (including phenoxy) is 1. The second-order valence-corrected chi connectivity index (χ2v) is 7.33. The molecule has 0 bridgehead atoms. The van der Waals surface area contributed by atoms with Gasteiger partial charge in [0, 0.05) is 36.6 Å². The quantitative estimate of drug-likeness (QED) is 0.781. The first-order chi connectivity index (χ1) is 11.2. The summed E-state index contributed by atoms with van der Waals surface area (Å²) in [6, 6.07) is 6.69. The van der Waals surface area contributed by atoms with Gasteiger partial charge in [-0.25, -0.2) is 0 Å². The van der Waals surface area contributed by atoms with E-state index < -0.39 is 0 Å². The number of aryl methyl sites for hydroxylation is 2. The largest absolute Gasteiger partial charge is 0.456 e. The maximum Gasteiger partial charge on any atom is 0.138 e. The van der Waals surface area contributed by atoms with Gasteiger partial charge in [0.2, 0.25) is 0 Å². The zero-order valence-corrected chi connectivity index (χ0v) is 16.1. The van der Waals surface area contributed by atoms with Gasteiger partial charge < -0.3 is 9.64 Å². The second-order valence-electron chi connectivity index (χ2n) is 7.33. The summed E-state index contributed by atoms with van der Waals surface area (Å²) in [4.78, 5) is 2.14. The van der Waals surface area contributed by atoms with Crippen LogP contribution < -0.4 is 20.1 Å². The van der Waals surface area contributed by atoms with Crippen molar-refractivity contribution >= 4 is 16.8 Å². The van der Waals surface area contributed by atoms with Gasteiger partial charge in [-0.1, -0.05) is 5.57 Å². The number of rotatable bonds is 1. The van der Waals surface area contributed by atoms with Crippen LogP contribution in [0.4, 0.5) is 5.69 Å². The maximum absolute atomic E-state index is 6.41. The van der Waals surface area contributed by atoms with Gasteiger partial charge in [0.25, 0.3) is 0 Å². The average Bonchev–Trinajstić information content (AvgIpc) is 2.48. The fraction of sp³-hybridized carbons (Fsp3) is 0.364. The van der Waals surface area contributed by atoms with Crippen molar-refractivity contribution in [2.45, 2.75) is 41.5 Å². The van der Waals surface area contributed by atoms with Crippen LogP contribution in [0.2, 0.25) is 0 Å². The third kappa shape index (κ3) is 2.41. The third-order valence-corrected chi connectivity index (χ3v) is 5.02. The summed E-state index contributed by atoms with van der Waals surface area (Å²) in [6.07, 6.45) is 0. The Morgan fingerprint density at radius 1 is 0.917 bits per heavy atom. The Morgan fingerprint density at radius 3 is 2.17 bits per heavy atom. The molecule has 0 amide bonds. The number of fused-ring (bicyclic) bond motifs is 2. The zero-order chi connectivity index (χ0) is 17.8. The van der Waals surface area contributed by atoms with Crippen LogP contribution in [0.3, 0.4) is 0 Å². The SMILES string of the molecule is CC1=c2cc(C)c(=C(C)C)c(C)c2Oc2cc(N(C)C)c(C)cc21. The van der Waals surface area contributed by atoms with Crippen LogP contribution in [0.5, 0.6) is 11.5 Å². The van der Waals surface area contributed by atoms with E-state index in [0.29, 0.717) is 0 Å².